The highest BCUT2D eigenvalue weighted by Crippen LogP contribution is 2.49. The Bertz CT molecular complexity index is 884. The molecule has 6 nitrogen and oxygen atoms in total. The number of methoxy groups -OCH3 is 4. The van der Waals surface area contributed by atoms with Crippen molar-refractivity contribution in [1.82, 2.24) is 0 Å². The molecule has 0 N–H and O–H groups in total. The molecule has 0 radical (unpaired) electrons. The minimum absolute atomic E-state index is 0.0399. The van der Waals surface area contributed by atoms with Crippen LogP contribution < -0.4 is 14.2 Å². The lowest BCUT2D eigenvalue weighted by molar-refractivity contribution is 0.0600. The van der Waals surface area contributed by atoms with Crippen molar-refractivity contribution in [3.8, 4) is 28.4 Å². The third-order valence-electron chi connectivity index (χ3n) is 4.54. The predicted molar refractivity (Wildman–Crippen MR) is 95.5 cm³/mol. The number of hydrogen-bond acceptors (Lipinski definition) is 6. The summed E-state index contributed by atoms with van der Waals surface area (Å²) in [7, 11) is 5.95. The van der Waals surface area contributed by atoms with Gasteiger partial charge >= 0.3 is 5.97 Å². The van der Waals surface area contributed by atoms with Crippen LogP contribution in [0.15, 0.2) is 24.3 Å². The van der Waals surface area contributed by atoms with Crippen LogP contribution in [0.25, 0.3) is 11.1 Å². The highest BCUT2D eigenvalue weighted by atomic mass is 16.5. The zero-order valence-corrected chi connectivity index (χ0v) is 15.2. The van der Waals surface area contributed by atoms with Gasteiger partial charge in [0.1, 0.15) is 0 Å². The maximum absolute atomic E-state index is 12.7. The van der Waals surface area contributed by atoms with Crippen LogP contribution in [0.5, 0.6) is 17.2 Å². The molecule has 2 aromatic carbocycles. The number of hydrogen-bond donors (Lipinski definition) is 0. The minimum Gasteiger partial charge on any atom is -0.493 e. The summed E-state index contributed by atoms with van der Waals surface area (Å²) in [5, 5.41) is 0. The molecule has 0 bridgehead atoms. The molecule has 0 heterocycles. The molecule has 3 rings (SSSR count). The average molecular weight is 356 g/mol. The van der Waals surface area contributed by atoms with Crippen LogP contribution >= 0.6 is 0 Å². The number of fused-ring (bicyclic) bond motifs is 3. The molecule has 0 aliphatic heterocycles. The van der Waals surface area contributed by atoms with Crippen LogP contribution in [0.2, 0.25) is 0 Å². The van der Waals surface area contributed by atoms with Crippen molar-refractivity contribution in [2.75, 3.05) is 28.4 Å². The van der Waals surface area contributed by atoms with E-state index in [-0.39, 0.29) is 5.78 Å². The molecule has 136 valence electrons. The fourth-order valence-corrected chi connectivity index (χ4v) is 3.32. The summed E-state index contributed by atoms with van der Waals surface area (Å²) < 4.78 is 21.3. The molecule has 0 spiro atoms. The van der Waals surface area contributed by atoms with E-state index in [4.69, 9.17) is 18.9 Å². The number of rotatable bonds is 4. The summed E-state index contributed by atoms with van der Waals surface area (Å²) in [6.07, 6.45) is 0.858. The summed E-state index contributed by atoms with van der Waals surface area (Å²) in [6.45, 7) is 0. The monoisotopic (exact) mass is 356 g/mol. The Morgan fingerprint density at radius 1 is 0.885 bits per heavy atom. The van der Waals surface area contributed by atoms with E-state index in [2.05, 4.69) is 0 Å². The lowest BCUT2D eigenvalue weighted by atomic mass is 9.93. The molecule has 0 saturated carbocycles. The standard InChI is InChI=1S/C20H20O6/c1-23-16-10-11-6-8-15(21)14-9-12(20(22)26-4)5-7-13(14)17(11)19(25-3)18(16)24-2/h5,7,9-10H,6,8H2,1-4H3. The van der Waals surface area contributed by atoms with Crippen LogP contribution in [0.3, 0.4) is 0 Å². The Morgan fingerprint density at radius 2 is 1.62 bits per heavy atom. The molecule has 1 aliphatic carbocycles. The first-order chi connectivity index (χ1) is 12.5. The molecule has 6 heteroatoms. The lowest BCUT2D eigenvalue weighted by Crippen LogP contribution is -2.06. The first-order valence-electron chi connectivity index (χ1n) is 8.13. The lowest BCUT2D eigenvalue weighted by Gasteiger charge is -2.19. The second-order valence-electron chi connectivity index (χ2n) is 5.85. The van der Waals surface area contributed by atoms with Crippen molar-refractivity contribution in [3.05, 3.63) is 41.0 Å². The first-order valence-corrected chi connectivity index (χ1v) is 8.13. The van der Waals surface area contributed by atoms with Crippen LogP contribution in [0.4, 0.5) is 0 Å². The van der Waals surface area contributed by atoms with Crippen molar-refractivity contribution in [2.45, 2.75) is 12.8 Å². The number of carbonyl (C=O) groups is 2. The van der Waals surface area contributed by atoms with E-state index in [0.717, 1.165) is 11.1 Å². The van der Waals surface area contributed by atoms with Gasteiger partial charge in [-0.25, -0.2) is 4.79 Å². The van der Waals surface area contributed by atoms with Gasteiger partial charge in [0.2, 0.25) is 5.75 Å². The van der Waals surface area contributed by atoms with Crippen LogP contribution in [-0.2, 0) is 11.2 Å². The molecule has 2 aromatic rings. The average Bonchev–Trinajstić information content (AvgIpc) is 2.82. The molecular weight excluding hydrogens is 336 g/mol. The van der Waals surface area contributed by atoms with Crippen LogP contribution in [0.1, 0.15) is 32.7 Å². The van der Waals surface area contributed by atoms with E-state index >= 15 is 0 Å². The van der Waals surface area contributed by atoms with Gasteiger partial charge in [-0.1, -0.05) is 6.07 Å². The number of ketones is 1. The van der Waals surface area contributed by atoms with Gasteiger partial charge in [-0.05, 0) is 35.7 Å². The van der Waals surface area contributed by atoms with E-state index in [1.54, 1.807) is 32.4 Å². The van der Waals surface area contributed by atoms with Crippen molar-refractivity contribution < 1.29 is 28.5 Å². The molecule has 0 atom stereocenters. The Morgan fingerprint density at radius 3 is 2.23 bits per heavy atom. The Kier molecular flexibility index (Phi) is 4.84. The quantitative estimate of drug-likeness (QED) is 0.783. The molecular formula is C20H20O6. The number of ether oxygens (including phenoxy) is 4. The minimum atomic E-state index is -0.482. The number of benzene rings is 2. The first kappa shape index (κ1) is 17.8. The highest BCUT2D eigenvalue weighted by Gasteiger charge is 2.28. The fraction of sp³-hybridized carbons (Fsp3) is 0.300. The van der Waals surface area contributed by atoms with Crippen molar-refractivity contribution >= 4 is 11.8 Å². The fourth-order valence-electron chi connectivity index (χ4n) is 3.32. The van der Waals surface area contributed by atoms with E-state index in [9.17, 15) is 9.59 Å². The van der Waals surface area contributed by atoms with Crippen molar-refractivity contribution in [1.29, 1.82) is 0 Å². The van der Waals surface area contributed by atoms with E-state index in [1.807, 2.05) is 6.07 Å². The largest absolute Gasteiger partial charge is 0.493 e. The van der Waals surface area contributed by atoms with Gasteiger partial charge < -0.3 is 18.9 Å². The molecule has 0 amide bonds. The smallest absolute Gasteiger partial charge is 0.337 e. The number of esters is 1. The van der Waals surface area contributed by atoms with E-state index < -0.39 is 5.97 Å². The summed E-state index contributed by atoms with van der Waals surface area (Å²) in [4.78, 5) is 24.5. The maximum Gasteiger partial charge on any atom is 0.337 e. The zero-order valence-electron chi connectivity index (χ0n) is 15.2. The number of aryl methyl sites for hydroxylation is 1. The van der Waals surface area contributed by atoms with Gasteiger partial charge in [0.05, 0.1) is 34.0 Å². The summed E-state index contributed by atoms with van der Waals surface area (Å²) >= 11 is 0. The number of Topliss-reactive ketones (excluding diaryl/α,β-unsaturated/α-hetero) is 1. The SMILES string of the molecule is COC(=O)c1ccc2c(c1)C(=O)CCc1cc(OC)c(OC)c(OC)c1-2. The van der Waals surface area contributed by atoms with Gasteiger partial charge in [0, 0.05) is 17.5 Å². The Hall–Kier alpha value is -3.02. The molecule has 0 fully saturated rings. The summed E-state index contributed by atoms with van der Waals surface area (Å²) in [5.41, 5.74) is 3.22. The van der Waals surface area contributed by atoms with Gasteiger partial charge in [0.25, 0.3) is 0 Å². The van der Waals surface area contributed by atoms with Crippen LogP contribution in [-0.4, -0.2) is 40.2 Å². The van der Waals surface area contributed by atoms with E-state index in [1.165, 1.54) is 14.2 Å². The third kappa shape index (κ3) is 2.77. The second kappa shape index (κ2) is 7.07. The van der Waals surface area contributed by atoms with Gasteiger partial charge in [-0.2, -0.15) is 0 Å². The van der Waals surface area contributed by atoms with Crippen LogP contribution in [0, 0.1) is 0 Å². The van der Waals surface area contributed by atoms with Gasteiger partial charge in [-0.15, -0.1) is 0 Å². The van der Waals surface area contributed by atoms with E-state index in [0.29, 0.717) is 46.8 Å². The Labute approximate surface area is 151 Å². The van der Waals surface area contributed by atoms with Gasteiger partial charge in [-0.3, -0.25) is 4.79 Å². The molecule has 0 aromatic heterocycles. The third-order valence-corrected chi connectivity index (χ3v) is 4.54. The van der Waals surface area contributed by atoms with Gasteiger partial charge in [0.15, 0.2) is 17.3 Å². The summed E-state index contributed by atoms with van der Waals surface area (Å²) in [5.74, 6) is 0.992. The van der Waals surface area contributed by atoms with Crippen molar-refractivity contribution in [3.63, 3.8) is 0 Å². The number of carbonyl (C=O) groups excluding carboxylic acids is 2. The molecule has 26 heavy (non-hydrogen) atoms. The summed E-state index contributed by atoms with van der Waals surface area (Å²) in [6, 6.07) is 6.84. The predicted octanol–water partition coefficient (Wildman–Crippen LogP) is 3.29. The molecule has 1 aliphatic rings. The Balaban J connectivity index is 2.33. The molecule has 0 unspecified atom stereocenters. The normalized spacial score (nSPS) is 12.5. The zero-order chi connectivity index (χ0) is 18.8. The second-order valence-corrected chi connectivity index (χ2v) is 5.85. The van der Waals surface area contributed by atoms with Crippen molar-refractivity contribution in [2.24, 2.45) is 0 Å². The maximum atomic E-state index is 12.7. The molecule has 0 saturated heterocycles. The highest BCUT2D eigenvalue weighted by molar-refractivity contribution is 6.07. The topological polar surface area (TPSA) is 71.1 Å².